The number of fused-ring (bicyclic) bond motifs is 1. The number of aromatic nitrogens is 1. The molecule has 0 saturated heterocycles. The first-order valence-corrected chi connectivity index (χ1v) is 4.60. The molecule has 0 radical (unpaired) electrons. The predicted molar refractivity (Wildman–Crippen MR) is 54.0 cm³/mol. The molecule has 2 heteroatoms. The van der Waals surface area contributed by atoms with E-state index in [2.05, 4.69) is 36.4 Å². The zero-order chi connectivity index (χ0) is 9.42. The third-order valence-corrected chi connectivity index (χ3v) is 2.48. The molecule has 1 aliphatic heterocycles. The normalized spacial score (nSPS) is 15.3. The molecule has 0 fully saturated rings. The van der Waals surface area contributed by atoms with Crippen molar-refractivity contribution >= 4 is 5.70 Å². The molecule has 0 unspecified atom stereocenters. The molecule has 0 bridgehead atoms. The maximum Gasteiger partial charge on any atom is 0.0906 e. The smallest absolute Gasteiger partial charge is 0.0906 e. The molecule has 2 rings (SSSR count). The van der Waals surface area contributed by atoms with Crippen LogP contribution in [0.25, 0.3) is 5.70 Å². The number of rotatable bonds is 1. The SMILES string of the molecule is C=C1c2ncccc2CN1C(C)C. The van der Waals surface area contributed by atoms with E-state index in [4.69, 9.17) is 0 Å². The molecule has 2 nitrogen and oxygen atoms in total. The molecular weight excluding hydrogens is 160 g/mol. The standard InChI is InChI=1S/C11H14N2/c1-8(2)13-7-10-5-4-6-12-11(10)9(13)3/h4-6,8H,3,7H2,1-2H3. The molecule has 13 heavy (non-hydrogen) atoms. The molecule has 0 saturated carbocycles. The average Bonchev–Trinajstić information content (AvgIpc) is 2.45. The number of hydrogen-bond donors (Lipinski definition) is 0. The van der Waals surface area contributed by atoms with Crippen LogP contribution in [0.15, 0.2) is 24.9 Å². The Morgan fingerprint density at radius 3 is 2.92 bits per heavy atom. The van der Waals surface area contributed by atoms with Gasteiger partial charge < -0.3 is 4.90 Å². The van der Waals surface area contributed by atoms with Gasteiger partial charge in [-0.3, -0.25) is 4.98 Å². The highest BCUT2D eigenvalue weighted by Gasteiger charge is 2.24. The van der Waals surface area contributed by atoms with Crippen molar-refractivity contribution in [1.29, 1.82) is 0 Å². The zero-order valence-electron chi connectivity index (χ0n) is 8.12. The molecule has 1 aromatic rings. The van der Waals surface area contributed by atoms with Crippen molar-refractivity contribution in [3.63, 3.8) is 0 Å². The van der Waals surface area contributed by atoms with E-state index in [9.17, 15) is 0 Å². The Hall–Kier alpha value is -1.31. The number of hydrogen-bond acceptors (Lipinski definition) is 2. The van der Waals surface area contributed by atoms with Crippen LogP contribution in [0.2, 0.25) is 0 Å². The Morgan fingerprint density at radius 2 is 2.31 bits per heavy atom. The van der Waals surface area contributed by atoms with Gasteiger partial charge in [0.25, 0.3) is 0 Å². The average molecular weight is 174 g/mol. The van der Waals surface area contributed by atoms with E-state index in [1.54, 1.807) is 0 Å². The Bertz CT molecular complexity index is 342. The summed E-state index contributed by atoms with van der Waals surface area (Å²) >= 11 is 0. The van der Waals surface area contributed by atoms with Crippen molar-refractivity contribution in [1.82, 2.24) is 9.88 Å². The number of pyridine rings is 1. The van der Waals surface area contributed by atoms with Crippen molar-refractivity contribution in [2.75, 3.05) is 0 Å². The van der Waals surface area contributed by atoms with Crippen LogP contribution >= 0.6 is 0 Å². The summed E-state index contributed by atoms with van der Waals surface area (Å²) in [4.78, 5) is 6.61. The summed E-state index contributed by atoms with van der Waals surface area (Å²) in [6, 6.07) is 4.60. The van der Waals surface area contributed by atoms with Gasteiger partial charge in [-0.1, -0.05) is 12.6 Å². The molecule has 1 aromatic heterocycles. The molecule has 1 aliphatic rings. The van der Waals surface area contributed by atoms with Gasteiger partial charge in [0.15, 0.2) is 0 Å². The van der Waals surface area contributed by atoms with E-state index < -0.39 is 0 Å². The van der Waals surface area contributed by atoms with Crippen LogP contribution in [0.4, 0.5) is 0 Å². The van der Waals surface area contributed by atoms with Gasteiger partial charge >= 0.3 is 0 Å². The van der Waals surface area contributed by atoms with Crippen molar-refractivity contribution in [3.8, 4) is 0 Å². The topological polar surface area (TPSA) is 16.1 Å². The van der Waals surface area contributed by atoms with Crippen molar-refractivity contribution < 1.29 is 0 Å². The first-order chi connectivity index (χ1) is 6.20. The lowest BCUT2D eigenvalue weighted by atomic mass is 10.2. The molecule has 2 heterocycles. The van der Waals surface area contributed by atoms with Gasteiger partial charge in [0.2, 0.25) is 0 Å². The molecule has 0 atom stereocenters. The summed E-state index contributed by atoms with van der Waals surface area (Å²) in [5.74, 6) is 0. The van der Waals surface area contributed by atoms with Crippen LogP contribution in [0.1, 0.15) is 25.1 Å². The fourth-order valence-electron chi connectivity index (χ4n) is 1.74. The summed E-state index contributed by atoms with van der Waals surface area (Å²) in [5.41, 5.74) is 3.42. The lowest BCUT2D eigenvalue weighted by molar-refractivity contribution is 0.339. The minimum absolute atomic E-state index is 0.502. The highest BCUT2D eigenvalue weighted by atomic mass is 15.2. The lowest BCUT2D eigenvalue weighted by Gasteiger charge is -2.23. The van der Waals surface area contributed by atoms with Crippen LogP contribution < -0.4 is 0 Å². The van der Waals surface area contributed by atoms with E-state index in [-0.39, 0.29) is 0 Å². The predicted octanol–water partition coefficient (Wildman–Crippen LogP) is 2.28. The van der Waals surface area contributed by atoms with Gasteiger partial charge in [0.05, 0.1) is 11.4 Å². The van der Waals surface area contributed by atoms with Crippen LogP contribution in [-0.2, 0) is 6.54 Å². The van der Waals surface area contributed by atoms with Crippen molar-refractivity contribution in [2.45, 2.75) is 26.4 Å². The minimum Gasteiger partial charge on any atom is -0.363 e. The van der Waals surface area contributed by atoms with E-state index in [0.29, 0.717) is 6.04 Å². The lowest BCUT2D eigenvalue weighted by Crippen LogP contribution is -2.23. The van der Waals surface area contributed by atoms with Crippen LogP contribution in [0.5, 0.6) is 0 Å². The minimum atomic E-state index is 0.502. The maximum atomic E-state index is 4.33. The quantitative estimate of drug-likeness (QED) is 0.649. The third kappa shape index (κ3) is 1.22. The summed E-state index contributed by atoms with van der Waals surface area (Å²) in [7, 11) is 0. The fourth-order valence-corrected chi connectivity index (χ4v) is 1.74. The van der Waals surface area contributed by atoms with Crippen molar-refractivity contribution in [3.05, 3.63) is 36.2 Å². The second kappa shape index (κ2) is 2.87. The van der Waals surface area contributed by atoms with Gasteiger partial charge in [0, 0.05) is 18.8 Å². The van der Waals surface area contributed by atoms with Crippen LogP contribution in [0.3, 0.4) is 0 Å². The summed E-state index contributed by atoms with van der Waals surface area (Å²) < 4.78 is 0. The van der Waals surface area contributed by atoms with Gasteiger partial charge in [-0.15, -0.1) is 0 Å². The van der Waals surface area contributed by atoms with E-state index in [0.717, 1.165) is 17.9 Å². The molecule has 68 valence electrons. The van der Waals surface area contributed by atoms with Gasteiger partial charge in [-0.2, -0.15) is 0 Å². The Morgan fingerprint density at radius 1 is 1.54 bits per heavy atom. The highest BCUT2D eigenvalue weighted by molar-refractivity contribution is 5.65. The van der Waals surface area contributed by atoms with Gasteiger partial charge in [-0.25, -0.2) is 0 Å². The molecular formula is C11H14N2. The van der Waals surface area contributed by atoms with Crippen LogP contribution in [-0.4, -0.2) is 15.9 Å². The van der Waals surface area contributed by atoms with E-state index >= 15 is 0 Å². The maximum absolute atomic E-state index is 4.33. The van der Waals surface area contributed by atoms with E-state index in [1.165, 1.54) is 5.56 Å². The van der Waals surface area contributed by atoms with Gasteiger partial charge in [-0.05, 0) is 25.5 Å². The molecule has 0 aromatic carbocycles. The van der Waals surface area contributed by atoms with Gasteiger partial charge in [0.1, 0.15) is 0 Å². The second-order valence-electron chi connectivity index (χ2n) is 3.68. The van der Waals surface area contributed by atoms with E-state index in [1.807, 2.05) is 12.3 Å². The monoisotopic (exact) mass is 174 g/mol. The molecule has 0 spiro atoms. The Balaban J connectivity index is 2.38. The summed E-state index contributed by atoms with van der Waals surface area (Å²) in [6.45, 7) is 9.37. The molecule has 0 N–H and O–H groups in total. The fraction of sp³-hybridized carbons (Fsp3) is 0.364. The summed E-state index contributed by atoms with van der Waals surface area (Å²) in [5, 5.41) is 0. The Kier molecular flexibility index (Phi) is 1.83. The number of nitrogens with zero attached hydrogens (tertiary/aromatic N) is 2. The first kappa shape index (κ1) is 8.30. The Labute approximate surface area is 78.9 Å². The third-order valence-electron chi connectivity index (χ3n) is 2.48. The molecule has 0 amide bonds. The second-order valence-corrected chi connectivity index (χ2v) is 3.68. The summed E-state index contributed by atoms with van der Waals surface area (Å²) in [6.07, 6.45) is 1.83. The first-order valence-electron chi connectivity index (χ1n) is 4.60. The zero-order valence-corrected chi connectivity index (χ0v) is 8.12. The highest BCUT2D eigenvalue weighted by Crippen LogP contribution is 2.30. The van der Waals surface area contributed by atoms with Crippen LogP contribution in [0, 0.1) is 0 Å². The molecule has 0 aliphatic carbocycles. The van der Waals surface area contributed by atoms with Crippen molar-refractivity contribution in [2.24, 2.45) is 0 Å². The largest absolute Gasteiger partial charge is 0.363 e.